The Kier molecular flexibility index (Phi) is 3.10. The van der Waals surface area contributed by atoms with Crippen LogP contribution < -0.4 is 4.90 Å². The molecule has 0 N–H and O–H groups in total. The smallest absolute Gasteiger partial charge is 0.0992 e. The Bertz CT molecular complexity index is 394. The normalized spacial score (nSPS) is 16.1. The summed E-state index contributed by atoms with van der Waals surface area (Å²) in [7, 11) is 0. The second kappa shape index (κ2) is 4.52. The molecule has 3 nitrogen and oxygen atoms in total. The highest BCUT2D eigenvalue weighted by molar-refractivity contribution is 6.33. The van der Waals surface area contributed by atoms with E-state index in [0.29, 0.717) is 10.6 Å². The van der Waals surface area contributed by atoms with Gasteiger partial charge in [0.25, 0.3) is 0 Å². The van der Waals surface area contributed by atoms with Crippen molar-refractivity contribution in [3.63, 3.8) is 0 Å². The number of hydrogen-bond donors (Lipinski definition) is 0. The van der Waals surface area contributed by atoms with Crippen LogP contribution in [-0.4, -0.2) is 26.3 Å². The molecule has 0 bridgehead atoms. The average molecular weight is 223 g/mol. The molecule has 1 aliphatic heterocycles. The molecule has 15 heavy (non-hydrogen) atoms. The van der Waals surface area contributed by atoms with Crippen LogP contribution in [0.3, 0.4) is 0 Å². The summed E-state index contributed by atoms with van der Waals surface area (Å²) in [6.45, 7) is 3.17. The van der Waals surface area contributed by atoms with Crippen LogP contribution in [0.1, 0.15) is 5.56 Å². The van der Waals surface area contributed by atoms with Crippen molar-refractivity contribution in [2.24, 2.45) is 0 Å². The molecule has 0 atom stereocenters. The van der Waals surface area contributed by atoms with Crippen LogP contribution in [0.15, 0.2) is 18.2 Å². The summed E-state index contributed by atoms with van der Waals surface area (Å²) in [5.41, 5.74) is 1.58. The predicted octanol–water partition coefficient (Wildman–Crippen LogP) is 2.05. The summed E-state index contributed by atoms with van der Waals surface area (Å²) in [5.74, 6) is 0. The number of rotatable bonds is 1. The van der Waals surface area contributed by atoms with E-state index in [2.05, 4.69) is 11.0 Å². The van der Waals surface area contributed by atoms with Crippen LogP contribution in [0.2, 0.25) is 5.02 Å². The molecule has 0 spiro atoms. The van der Waals surface area contributed by atoms with E-state index in [0.717, 1.165) is 32.0 Å². The van der Waals surface area contributed by atoms with Gasteiger partial charge in [-0.1, -0.05) is 11.6 Å². The maximum absolute atomic E-state index is 8.72. The molecule has 0 amide bonds. The van der Waals surface area contributed by atoms with E-state index >= 15 is 0 Å². The van der Waals surface area contributed by atoms with Gasteiger partial charge in [0.05, 0.1) is 35.6 Å². The van der Waals surface area contributed by atoms with Crippen molar-refractivity contribution < 1.29 is 4.74 Å². The van der Waals surface area contributed by atoms with Gasteiger partial charge in [0.1, 0.15) is 0 Å². The van der Waals surface area contributed by atoms with Crippen LogP contribution >= 0.6 is 11.6 Å². The Hall–Kier alpha value is -1.24. The van der Waals surface area contributed by atoms with Gasteiger partial charge in [0.2, 0.25) is 0 Å². The lowest BCUT2D eigenvalue weighted by molar-refractivity contribution is 0.122. The molecular weight excluding hydrogens is 212 g/mol. The van der Waals surface area contributed by atoms with E-state index in [1.807, 2.05) is 6.07 Å². The summed E-state index contributed by atoms with van der Waals surface area (Å²) in [6, 6.07) is 7.45. The first-order chi connectivity index (χ1) is 7.31. The largest absolute Gasteiger partial charge is 0.378 e. The highest BCUT2D eigenvalue weighted by Gasteiger charge is 2.13. The zero-order valence-electron chi connectivity index (χ0n) is 8.24. The third-order valence-corrected chi connectivity index (χ3v) is 2.73. The quantitative estimate of drug-likeness (QED) is 0.730. The second-order valence-corrected chi connectivity index (χ2v) is 3.78. The molecule has 78 valence electrons. The highest BCUT2D eigenvalue weighted by atomic mass is 35.5. The molecule has 0 aromatic heterocycles. The number of nitriles is 1. The Balaban J connectivity index is 2.24. The summed E-state index contributed by atoms with van der Waals surface area (Å²) in [4.78, 5) is 2.17. The molecule has 2 rings (SSSR count). The zero-order chi connectivity index (χ0) is 10.7. The summed E-state index contributed by atoms with van der Waals surface area (Å²) in [6.07, 6.45) is 0. The SMILES string of the molecule is N#Cc1ccc(N2CCOCC2)c(Cl)c1. The first-order valence-corrected chi connectivity index (χ1v) is 5.21. The standard InChI is InChI=1S/C11H11ClN2O/c12-10-7-9(8-13)1-2-11(10)14-3-5-15-6-4-14/h1-2,7H,3-6H2. The number of halogens is 1. The molecule has 1 aromatic carbocycles. The Labute approximate surface area is 93.8 Å². The van der Waals surface area contributed by atoms with Crippen molar-refractivity contribution >= 4 is 17.3 Å². The average Bonchev–Trinajstić information content (AvgIpc) is 2.30. The number of ether oxygens (including phenoxy) is 1. The van der Waals surface area contributed by atoms with E-state index in [-0.39, 0.29) is 0 Å². The summed E-state index contributed by atoms with van der Waals surface area (Å²) >= 11 is 6.11. The van der Waals surface area contributed by atoms with Crippen LogP contribution in [0.4, 0.5) is 5.69 Å². The molecule has 1 heterocycles. The lowest BCUT2D eigenvalue weighted by atomic mass is 10.2. The molecule has 4 heteroatoms. The molecule has 1 aromatic rings. The van der Waals surface area contributed by atoms with Gasteiger partial charge in [-0.3, -0.25) is 0 Å². The van der Waals surface area contributed by atoms with Crippen molar-refractivity contribution in [2.45, 2.75) is 0 Å². The van der Waals surface area contributed by atoms with Gasteiger partial charge in [0, 0.05) is 13.1 Å². The monoisotopic (exact) mass is 222 g/mol. The van der Waals surface area contributed by atoms with Crippen LogP contribution in [0, 0.1) is 11.3 Å². The Morgan fingerprint density at radius 2 is 2.07 bits per heavy atom. The third kappa shape index (κ3) is 2.23. The van der Waals surface area contributed by atoms with Crippen LogP contribution in [0.5, 0.6) is 0 Å². The van der Waals surface area contributed by atoms with Gasteiger partial charge in [-0.2, -0.15) is 5.26 Å². The van der Waals surface area contributed by atoms with Gasteiger partial charge >= 0.3 is 0 Å². The van der Waals surface area contributed by atoms with E-state index in [9.17, 15) is 0 Å². The third-order valence-electron chi connectivity index (χ3n) is 2.43. The fourth-order valence-electron chi connectivity index (χ4n) is 1.64. The zero-order valence-corrected chi connectivity index (χ0v) is 9.00. The first kappa shape index (κ1) is 10.3. The van der Waals surface area contributed by atoms with E-state index in [4.69, 9.17) is 21.6 Å². The van der Waals surface area contributed by atoms with Gasteiger partial charge in [-0.25, -0.2) is 0 Å². The van der Waals surface area contributed by atoms with Crippen molar-refractivity contribution in [1.82, 2.24) is 0 Å². The highest BCUT2D eigenvalue weighted by Crippen LogP contribution is 2.27. The molecule has 0 unspecified atom stereocenters. The molecule has 1 fully saturated rings. The maximum atomic E-state index is 8.72. The molecular formula is C11H11ClN2O. The van der Waals surface area contributed by atoms with Gasteiger partial charge in [-0.15, -0.1) is 0 Å². The lowest BCUT2D eigenvalue weighted by Gasteiger charge is -2.29. The Morgan fingerprint density at radius 1 is 1.33 bits per heavy atom. The first-order valence-electron chi connectivity index (χ1n) is 4.83. The number of morpholine rings is 1. The van der Waals surface area contributed by atoms with Crippen LogP contribution in [0.25, 0.3) is 0 Å². The number of benzene rings is 1. The van der Waals surface area contributed by atoms with Crippen molar-refractivity contribution in [3.8, 4) is 6.07 Å². The fraction of sp³-hybridized carbons (Fsp3) is 0.364. The lowest BCUT2D eigenvalue weighted by Crippen LogP contribution is -2.36. The number of hydrogen-bond acceptors (Lipinski definition) is 3. The van der Waals surface area contributed by atoms with Crippen molar-refractivity contribution in [2.75, 3.05) is 31.2 Å². The summed E-state index contributed by atoms with van der Waals surface area (Å²) < 4.78 is 5.27. The van der Waals surface area contributed by atoms with E-state index < -0.39 is 0 Å². The van der Waals surface area contributed by atoms with Gasteiger partial charge in [0.15, 0.2) is 0 Å². The molecule has 0 aliphatic carbocycles. The molecule has 1 saturated heterocycles. The van der Waals surface area contributed by atoms with Gasteiger partial charge in [-0.05, 0) is 18.2 Å². The maximum Gasteiger partial charge on any atom is 0.0992 e. The number of anilines is 1. The minimum absolute atomic E-state index is 0.594. The number of nitrogens with zero attached hydrogens (tertiary/aromatic N) is 2. The minimum atomic E-state index is 0.594. The van der Waals surface area contributed by atoms with Crippen molar-refractivity contribution in [3.05, 3.63) is 28.8 Å². The second-order valence-electron chi connectivity index (χ2n) is 3.38. The Morgan fingerprint density at radius 3 is 2.67 bits per heavy atom. The van der Waals surface area contributed by atoms with Crippen LogP contribution in [-0.2, 0) is 4.74 Å². The fourth-order valence-corrected chi connectivity index (χ4v) is 1.94. The molecule has 0 radical (unpaired) electrons. The summed E-state index contributed by atoms with van der Waals surface area (Å²) in [5, 5.41) is 9.36. The molecule has 1 aliphatic rings. The van der Waals surface area contributed by atoms with Gasteiger partial charge < -0.3 is 9.64 Å². The van der Waals surface area contributed by atoms with E-state index in [1.54, 1.807) is 12.1 Å². The minimum Gasteiger partial charge on any atom is -0.378 e. The van der Waals surface area contributed by atoms with E-state index in [1.165, 1.54) is 0 Å². The molecule has 0 saturated carbocycles. The predicted molar refractivity (Wildman–Crippen MR) is 59.2 cm³/mol. The topological polar surface area (TPSA) is 36.3 Å². The van der Waals surface area contributed by atoms with Crippen molar-refractivity contribution in [1.29, 1.82) is 5.26 Å².